The average molecular weight is 315 g/mol. The Morgan fingerprint density at radius 1 is 1.41 bits per heavy atom. The lowest BCUT2D eigenvalue weighted by Gasteiger charge is -2.13. The van der Waals surface area contributed by atoms with Gasteiger partial charge in [0.15, 0.2) is 9.84 Å². The van der Waals surface area contributed by atoms with E-state index in [2.05, 4.69) is 20.9 Å². The first-order valence-electron chi connectivity index (χ1n) is 5.34. The second-order valence-electron chi connectivity index (χ2n) is 4.31. The number of pyridine rings is 1. The zero-order chi connectivity index (χ0) is 12.2. The molecule has 0 saturated heterocycles. The maximum Gasteiger partial charge on any atom is 0.156 e. The zero-order valence-electron chi connectivity index (χ0n) is 9.27. The lowest BCUT2D eigenvalue weighted by molar-refractivity contribution is 0.590. The molecule has 90 valence electrons. The Bertz CT molecular complexity index is 719. The van der Waals surface area contributed by atoms with E-state index in [0.29, 0.717) is 6.42 Å². The monoisotopic (exact) mass is 314 g/mol. The van der Waals surface area contributed by atoms with E-state index in [1.165, 1.54) is 0 Å². The summed E-state index contributed by atoms with van der Waals surface area (Å²) in [5, 5.41) is 0. The highest BCUT2D eigenvalue weighted by Gasteiger charge is 2.26. The third-order valence-corrected chi connectivity index (χ3v) is 5.53. The van der Waals surface area contributed by atoms with Gasteiger partial charge in [0.25, 0.3) is 0 Å². The highest BCUT2D eigenvalue weighted by Crippen LogP contribution is 2.26. The average Bonchev–Trinajstić information content (AvgIpc) is 2.60. The molecule has 4 nitrogen and oxygen atoms in total. The summed E-state index contributed by atoms with van der Waals surface area (Å²) < 4.78 is 26.3. The zero-order valence-corrected chi connectivity index (χ0v) is 11.7. The second-order valence-corrected chi connectivity index (χ2v) is 7.35. The molecule has 1 aliphatic rings. The van der Waals surface area contributed by atoms with Gasteiger partial charge in [-0.05, 0) is 35.0 Å². The third kappa shape index (κ3) is 1.70. The van der Waals surface area contributed by atoms with Crippen LogP contribution >= 0.6 is 15.9 Å². The number of halogens is 1. The van der Waals surface area contributed by atoms with Crippen LogP contribution in [0.4, 0.5) is 0 Å². The van der Waals surface area contributed by atoms with E-state index >= 15 is 0 Å². The molecule has 1 aliphatic heterocycles. The van der Waals surface area contributed by atoms with Crippen molar-refractivity contribution in [2.75, 3.05) is 5.75 Å². The Labute approximate surface area is 108 Å². The quantitative estimate of drug-likeness (QED) is 0.746. The van der Waals surface area contributed by atoms with Crippen LogP contribution < -0.4 is 0 Å². The summed E-state index contributed by atoms with van der Waals surface area (Å²) in [4.78, 5) is 4.50. The van der Waals surface area contributed by atoms with Crippen LogP contribution in [0.25, 0.3) is 5.65 Å². The summed E-state index contributed by atoms with van der Waals surface area (Å²) >= 11 is 3.46. The lowest BCUT2D eigenvalue weighted by Crippen LogP contribution is -2.20. The van der Waals surface area contributed by atoms with Crippen molar-refractivity contribution < 1.29 is 8.42 Å². The standard InChI is InChI=1S/C11H11BrN2O2S/c1-7-8(12)2-3-11-13-9-4-5-17(15,16)6-10(9)14(7)11/h2-3H,4-6H2,1H3. The minimum Gasteiger partial charge on any atom is -0.299 e. The molecule has 3 heterocycles. The first-order chi connectivity index (χ1) is 7.98. The number of sulfone groups is 1. The van der Waals surface area contributed by atoms with Crippen LogP contribution in [0.2, 0.25) is 0 Å². The smallest absolute Gasteiger partial charge is 0.156 e. The molecule has 3 rings (SSSR count). The molecule has 6 heteroatoms. The minimum absolute atomic E-state index is 0.0980. The molecule has 0 fully saturated rings. The fourth-order valence-corrected chi connectivity index (χ4v) is 3.93. The number of aromatic nitrogens is 2. The normalized spacial score (nSPS) is 18.2. The molecule has 0 saturated carbocycles. The Hall–Kier alpha value is -0.880. The van der Waals surface area contributed by atoms with Crippen LogP contribution in [-0.4, -0.2) is 23.6 Å². The van der Waals surface area contributed by atoms with Crippen molar-refractivity contribution >= 4 is 31.4 Å². The first kappa shape index (κ1) is 11.2. The van der Waals surface area contributed by atoms with Crippen LogP contribution in [-0.2, 0) is 22.0 Å². The van der Waals surface area contributed by atoms with Crippen molar-refractivity contribution in [3.05, 3.63) is 33.7 Å². The van der Waals surface area contributed by atoms with Gasteiger partial charge in [0.1, 0.15) is 5.65 Å². The topological polar surface area (TPSA) is 51.4 Å². The van der Waals surface area contributed by atoms with Gasteiger partial charge in [-0.3, -0.25) is 4.40 Å². The summed E-state index contributed by atoms with van der Waals surface area (Å²) in [6.07, 6.45) is 0.524. The number of fused-ring (bicyclic) bond motifs is 3. The van der Waals surface area contributed by atoms with Gasteiger partial charge in [0.2, 0.25) is 0 Å². The molecule has 0 atom stereocenters. The lowest BCUT2D eigenvalue weighted by atomic mass is 10.2. The van der Waals surface area contributed by atoms with Crippen LogP contribution in [0, 0.1) is 6.92 Å². The van der Waals surface area contributed by atoms with Gasteiger partial charge >= 0.3 is 0 Å². The largest absolute Gasteiger partial charge is 0.299 e. The molecule has 0 unspecified atom stereocenters. The maximum atomic E-state index is 11.7. The molecule has 0 spiro atoms. The van der Waals surface area contributed by atoms with Gasteiger partial charge in [-0.15, -0.1) is 0 Å². The van der Waals surface area contributed by atoms with Gasteiger partial charge in [0, 0.05) is 16.6 Å². The molecule has 0 aliphatic carbocycles. The van der Waals surface area contributed by atoms with Crippen molar-refractivity contribution in [3.8, 4) is 0 Å². The molecule has 0 radical (unpaired) electrons. The van der Waals surface area contributed by atoms with Crippen LogP contribution in [0.1, 0.15) is 17.1 Å². The van der Waals surface area contributed by atoms with Crippen molar-refractivity contribution in [2.45, 2.75) is 19.1 Å². The number of nitrogens with zero attached hydrogens (tertiary/aromatic N) is 2. The number of imidazole rings is 1. The Morgan fingerprint density at radius 3 is 2.94 bits per heavy atom. The van der Waals surface area contributed by atoms with Crippen LogP contribution in [0.15, 0.2) is 16.6 Å². The van der Waals surface area contributed by atoms with E-state index in [9.17, 15) is 8.42 Å². The predicted molar refractivity (Wildman–Crippen MR) is 68.8 cm³/mol. The van der Waals surface area contributed by atoms with E-state index in [1.54, 1.807) is 0 Å². The van der Waals surface area contributed by atoms with E-state index in [0.717, 1.165) is 27.2 Å². The number of rotatable bonds is 0. The molecule has 0 N–H and O–H groups in total. The maximum absolute atomic E-state index is 11.7. The van der Waals surface area contributed by atoms with Crippen molar-refractivity contribution in [1.29, 1.82) is 0 Å². The number of hydrogen-bond donors (Lipinski definition) is 0. The van der Waals surface area contributed by atoms with E-state index in [-0.39, 0.29) is 11.5 Å². The van der Waals surface area contributed by atoms with Crippen LogP contribution in [0.3, 0.4) is 0 Å². The highest BCUT2D eigenvalue weighted by atomic mass is 79.9. The van der Waals surface area contributed by atoms with Gasteiger partial charge in [-0.2, -0.15) is 0 Å². The van der Waals surface area contributed by atoms with Crippen LogP contribution in [0.5, 0.6) is 0 Å². The van der Waals surface area contributed by atoms with E-state index in [1.807, 2.05) is 23.5 Å². The summed E-state index contributed by atoms with van der Waals surface area (Å²) in [6, 6.07) is 3.85. The molecule has 2 aromatic heterocycles. The molecule has 0 aromatic carbocycles. The Balaban J connectivity index is 2.37. The summed E-state index contributed by atoms with van der Waals surface area (Å²) in [5.41, 5.74) is 3.56. The fourth-order valence-electron chi connectivity index (χ4n) is 2.26. The fraction of sp³-hybridized carbons (Fsp3) is 0.364. The summed E-state index contributed by atoms with van der Waals surface area (Å²) in [6.45, 7) is 1.96. The highest BCUT2D eigenvalue weighted by molar-refractivity contribution is 9.10. The molecule has 17 heavy (non-hydrogen) atoms. The SMILES string of the molecule is Cc1c(Br)ccc2nc3c(n12)CS(=O)(=O)CC3. The molecule has 0 amide bonds. The molecular weight excluding hydrogens is 304 g/mol. The number of aryl methyl sites for hydroxylation is 2. The van der Waals surface area contributed by atoms with Gasteiger partial charge in [-0.1, -0.05) is 0 Å². The minimum atomic E-state index is -2.96. The van der Waals surface area contributed by atoms with Gasteiger partial charge < -0.3 is 0 Å². The third-order valence-electron chi connectivity index (χ3n) is 3.15. The van der Waals surface area contributed by atoms with Crippen molar-refractivity contribution in [3.63, 3.8) is 0 Å². The van der Waals surface area contributed by atoms with Crippen molar-refractivity contribution in [2.24, 2.45) is 0 Å². The molecular formula is C11H11BrN2O2S. The molecule has 2 aromatic rings. The van der Waals surface area contributed by atoms with Gasteiger partial charge in [0.05, 0.1) is 22.9 Å². The van der Waals surface area contributed by atoms with E-state index < -0.39 is 9.84 Å². The first-order valence-corrected chi connectivity index (χ1v) is 7.95. The van der Waals surface area contributed by atoms with E-state index in [4.69, 9.17) is 0 Å². The predicted octanol–water partition coefficient (Wildman–Crippen LogP) is 1.88. The van der Waals surface area contributed by atoms with Crippen molar-refractivity contribution in [1.82, 2.24) is 9.38 Å². The number of hydrogen-bond acceptors (Lipinski definition) is 3. The summed E-state index contributed by atoms with van der Waals surface area (Å²) in [5.74, 6) is 0.310. The summed E-state index contributed by atoms with van der Waals surface area (Å²) in [7, 11) is -2.96. The second kappa shape index (κ2) is 3.55. The Morgan fingerprint density at radius 2 is 2.18 bits per heavy atom. The van der Waals surface area contributed by atoms with Gasteiger partial charge in [-0.25, -0.2) is 13.4 Å². The Kier molecular flexibility index (Phi) is 2.35. The molecule has 0 bridgehead atoms.